The first kappa shape index (κ1) is 11.2. The number of hydrogen-bond acceptors (Lipinski definition) is 2. The Balaban J connectivity index is 2.42. The molecule has 0 atom stereocenters. The Labute approximate surface area is 96.3 Å². The average Bonchev–Trinajstić information content (AvgIpc) is 2.73. The van der Waals surface area contributed by atoms with Gasteiger partial charge in [-0.15, -0.1) is 0 Å². The highest BCUT2D eigenvalue weighted by molar-refractivity contribution is 7.74. The molecule has 5 heteroatoms. The highest BCUT2D eigenvalue weighted by Crippen LogP contribution is 2.50. The van der Waals surface area contributed by atoms with E-state index in [0.29, 0.717) is 0 Å². The molecule has 2 aromatic rings. The number of rotatable bonds is 3. The van der Waals surface area contributed by atoms with E-state index in [1.807, 2.05) is 21.5 Å². The maximum atomic E-state index is 13.6. The molecule has 80 valence electrons. The van der Waals surface area contributed by atoms with Gasteiger partial charge in [0.2, 0.25) is 0 Å². The quantitative estimate of drug-likeness (QED) is 0.737. The molecule has 0 saturated heterocycles. The summed E-state index contributed by atoms with van der Waals surface area (Å²) in [6.07, 6.45) is 0. The highest BCUT2D eigenvalue weighted by atomic mass is 32.1. The van der Waals surface area contributed by atoms with Gasteiger partial charge >= 0.3 is 0 Å². The molecule has 2 heterocycles. The monoisotopic (exact) mass is 262 g/mol. The summed E-state index contributed by atoms with van der Waals surface area (Å²) in [4.78, 5) is 0. The van der Waals surface area contributed by atoms with Crippen LogP contribution in [-0.2, 0) is 0 Å². The van der Waals surface area contributed by atoms with Crippen molar-refractivity contribution in [2.75, 3.05) is 0 Å². The van der Waals surface area contributed by atoms with Crippen molar-refractivity contribution in [1.29, 1.82) is 0 Å². The van der Waals surface area contributed by atoms with Crippen molar-refractivity contribution in [2.24, 2.45) is 0 Å². The van der Waals surface area contributed by atoms with E-state index in [-0.39, 0.29) is 0 Å². The first-order valence-electron chi connectivity index (χ1n) is 4.31. The summed E-state index contributed by atoms with van der Waals surface area (Å²) in [5.74, 6) is 0. The van der Waals surface area contributed by atoms with Gasteiger partial charge in [0, 0.05) is 14.8 Å². The second kappa shape index (κ2) is 4.28. The Bertz CT molecular complexity index is 369. The highest BCUT2D eigenvalue weighted by Gasteiger charge is 2.36. The molecule has 0 spiro atoms. The van der Waals surface area contributed by atoms with E-state index in [1.165, 1.54) is 22.7 Å². The van der Waals surface area contributed by atoms with Gasteiger partial charge < -0.3 is 0 Å². The average molecular weight is 262 g/mol. The zero-order valence-electron chi connectivity index (χ0n) is 7.98. The van der Waals surface area contributed by atoms with Gasteiger partial charge in [0.05, 0.1) is 0 Å². The van der Waals surface area contributed by atoms with E-state index in [2.05, 4.69) is 0 Å². The molecule has 0 aliphatic carbocycles. The minimum atomic E-state index is -2.66. The van der Waals surface area contributed by atoms with Crippen molar-refractivity contribution in [3.63, 3.8) is 0 Å². The summed E-state index contributed by atoms with van der Waals surface area (Å²) in [5.41, 5.74) is -2.66. The van der Waals surface area contributed by atoms with E-state index in [0.717, 1.165) is 17.5 Å². The maximum Gasteiger partial charge on any atom is 0.270 e. The molecule has 0 aliphatic heterocycles. The Kier molecular flexibility index (Phi) is 3.19. The molecule has 15 heavy (non-hydrogen) atoms. The first-order valence-corrected chi connectivity index (χ1v) is 7.54. The summed E-state index contributed by atoms with van der Waals surface area (Å²) in [7, 11) is -1.53. The van der Waals surface area contributed by atoms with Crippen molar-refractivity contribution in [3.05, 3.63) is 33.7 Å². The lowest BCUT2D eigenvalue weighted by molar-refractivity contribution is 0.123. The number of thiophene rings is 2. The smallest absolute Gasteiger partial charge is 0.201 e. The molecule has 0 radical (unpaired) electrons. The Morgan fingerprint density at radius 1 is 1.07 bits per heavy atom. The molecular weight excluding hydrogens is 253 g/mol. The number of hydrogen-bond donors (Lipinski definition) is 0. The topological polar surface area (TPSA) is 0 Å². The minimum Gasteiger partial charge on any atom is -0.201 e. The normalized spacial score (nSPS) is 12.3. The van der Waals surface area contributed by atoms with Gasteiger partial charge in [0.1, 0.15) is 0 Å². The van der Waals surface area contributed by atoms with Crippen molar-refractivity contribution in [3.8, 4) is 0 Å². The fraction of sp³-hybridized carbons (Fsp3) is 0.200. The van der Waals surface area contributed by atoms with Crippen LogP contribution in [0.5, 0.6) is 0 Å². The van der Waals surface area contributed by atoms with Gasteiger partial charge in [-0.05, 0) is 44.3 Å². The molecule has 0 unspecified atom stereocenters. The number of halogens is 2. The van der Waals surface area contributed by atoms with Crippen molar-refractivity contribution >= 4 is 41.2 Å². The van der Waals surface area contributed by atoms with Crippen LogP contribution < -0.4 is 10.6 Å². The van der Waals surface area contributed by atoms with Gasteiger partial charge in [0.25, 0.3) is 5.66 Å². The van der Waals surface area contributed by atoms with Crippen LogP contribution in [0.1, 0.15) is 6.92 Å². The van der Waals surface area contributed by atoms with E-state index < -0.39 is 13.6 Å². The first-order chi connectivity index (χ1) is 7.09. The van der Waals surface area contributed by atoms with Crippen molar-refractivity contribution in [2.45, 2.75) is 12.6 Å². The summed E-state index contributed by atoms with van der Waals surface area (Å²) in [5, 5.41) is 8.87. The second-order valence-corrected chi connectivity index (χ2v) is 7.19. The molecule has 0 saturated carbocycles. The standard InChI is InChI=1S/C10H9F2PS2/c1-10(11,12)13(8-2-4-14-6-8)9-3-5-15-7-9/h2-7H,1H3. The summed E-state index contributed by atoms with van der Waals surface area (Å²) < 4.78 is 27.1. The van der Waals surface area contributed by atoms with Crippen LogP contribution in [0.25, 0.3) is 0 Å². The van der Waals surface area contributed by atoms with E-state index in [4.69, 9.17) is 0 Å². The molecule has 0 nitrogen and oxygen atoms in total. The van der Waals surface area contributed by atoms with Crippen LogP contribution in [-0.4, -0.2) is 5.66 Å². The fourth-order valence-corrected chi connectivity index (χ4v) is 5.48. The summed E-state index contributed by atoms with van der Waals surface area (Å²) in [6.45, 7) is 1.01. The van der Waals surface area contributed by atoms with Crippen molar-refractivity contribution < 1.29 is 8.78 Å². The van der Waals surface area contributed by atoms with E-state index >= 15 is 0 Å². The third-order valence-electron chi connectivity index (χ3n) is 1.92. The van der Waals surface area contributed by atoms with Gasteiger partial charge in [-0.1, -0.05) is 0 Å². The van der Waals surface area contributed by atoms with E-state index in [9.17, 15) is 8.78 Å². The Morgan fingerprint density at radius 2 is 1.53 bits per heavy atom. The predicted molar refractivity (Wildman–Crippen MR) is 65.4 cm³/mol. The molecular formula is C10H9F2PS2. The number of alkyl halides is 2. The zero-order valence-corrected chi connectivity index (χ0v) is 10.5. The molecule has 0 amide bonds. The fourth-order valence-electron chi connectivity index (χ4n) is 1.37. The SMILES string of the molecule is CC(F)(F)P(c1ccsc1)c1ccsc1. The third-order valence-corrected chi connectivity index (χ3v) is 6.01. The minimum absolute atomic E-state index is 0.765. The summed E-state index contributed by atoms with van der Waals surface area (Å²) in [6, 6.07) is 3.59. The lowest BCUT2D eigenvalue weighted by Crippen LogP contribution is -2.22. The van der Waals surface area contributed by atoms with Crippen LogP contribution in [0.2, 0.25) is 0 Å². The van der Waals surface area contributed by atoms with Gasteiger partial charge in [-0.25, -0.2) is 8.78 Å². The Morgan fingerprint density at radius 3 is 1.80 bits per heavy atom. The van der Waals surface area contributed by atoms with E-state index in [1.54, 1.807) is 12.1 Å². The molecule has 2 rings (SSSR count). The van der Waals surface area contributed by atoms with Crippen LogP contribution in [0.15, 0.2) is 33.7 Å². The second-order valence-electron chi connectivity index (χ2n) is 3.14. The lowest BCUT2D eigenvalue weighted by atomic mass is 10.6. The van der Waals surface area contributed by atoms with Gasteiger partial charge in [-0.3, -0.25) is 0 Å². The van der Waals surface area contributed by atoms with Crippen LogP contribution >= 0.6 is 30.6 Å². The predicted octanol–water partition coefficient (Wildman–Crippen LogP) is 3.86. The largest absolute Gasteiger partial charge is 0.270 e. The molecule has 0 bridgehead atoms. The summed E-state index contributed by atoms with van der Waals surface area (Å²) >= 11 is 2.94. The van der Waals surface area contributed by atoms with Crippen LogP contribution in [0.3, 0.4) is 0 Å². The third kappa shape index (κ3) is 2.44. The Hall–Kier alpha value is -0.310. The van der Waals surface area contributed by atoms with Gasteiger partial charge in [0.15, 0.2) is 0 Å². The molecule has 0 fully saturated rings. The lowest BCUT2D eigenvalue weighted by Gasteiger charge is -2.22. The molecule has 2 aromatic heterocycles. The zero-order chi connectivity index (χ0) is 10.9. The maximum absolute atomic E-state index is 13.6. The van der Waals surface area contributed by atoms with Crippen LogP contribution in [0, 0.1) is 0 Å². The molecule has 0 aliphatic rings. The van der Waals surface area contributed by atoms with Gasteiger partial charge in [-0.2, -0.15) is 22.7 Å². The molecule has 0 aromatic carbocycles. The van der Waals surface area contributed by atoms with Crippen LogP contribution in [0.4, 0.5) is 8.78 Å². The molecule has 0 N–H and O–H groups in total. The van der Waals surface area contributed by atoms with Crippen molar-refractivity contribution in [1.82, 2.24) is 0 Å².